The van der Waals surface area contributed by atoms with Crippen LogP contribution in [0.4, 0.5) is 0 Å². The molecule has 0 aromatic carbocycles. The third-order valence-corrected chi connectivity index (χ3v) is 5.13. The Bertz CT molecular complexity index is 325. The molecule has 0 radical (unpaired) electrons. The smallest absolute Gasteiger partial charge is 0.0896 e. The zero-order valence-electron chi connectivity index (χ0n) is 13.4. The average molecular weight is 269 g/mol. The molecular weight excluding hydrogens is 238 g/mol. The summed E-state index contributed by atoms with van der Waals surface area (Å²) in [4.78, 5) is 2.57. The third-order valence-electron chi connectivity index (χ3n) is 5.13. The van der Waals surface area contributed by atoms with Crippen LogP contribution in [-0.2, 0) is 4.74 Å². The Morgan fingerprint density at radius 3 is 2.32 bits per heavy atom. The van der Waals surface area contributed by atoms with E-state index in [-0.39, 0.29) is 17.6 Å². The quantitative estimate of drug-likeness (QED) is 0.855. The van der Waals surface area contributed by atoms with Crippen molar-refractivity contribution in [2.75, 3.05) is 13.1 Å². The zero-order chi connectivity index (χ0) is 14.4. The number of likely N-dealkylation sites (tertiary alicyclic amines) is 1. The van der Waals surface area contributed by atoms with E-state index < -0.39 is 5.60 Å². The van der Waals surface area contributed by atoms with Crippen LogP contribution in [0.1, 0.15) is 54.4 Å². The summed E-state index contributed by atoms with van der Waals surface area (Å²) in [6.45, 7) is 15.0. The van der Waals surface area contributed by atoms with Gasteiger partial charge in [0, 0.05) is 18.5 Å². The molecule has 0 aromatic heterocycles. The maximum absolute atomic E-state index is 10.6. The SMILES string of the molecule is CC(C)C1CCCN1CC1C(O)C(C)(C)OC1(C)C. The highest BCUT2D eigenvalue weighted by Gasteiger charge is 2.54. The van der Waals surface area contributed by atoms with Crippen molar-refractivity contribution in [1.82, 2.24) is 4.90 Å². The van der Waals surface area contributed by atoms with Crippen molar-refractivity contribution >= 4 is 0 Å². The van der Waals surface area contributed by atoms with Crippen LogP contribution in [0.25, 0.3) is 0 Å². The summed E-state index contributed by atoms with van der Waals surface area (Å²) in [5.74, 6) is 0.889. The summed E-state index contributed by atoms with van der Waals surface area (Å²) in [6.07, 6.45) is 2.21. The van der Waals surface area contributed by atoms with Gasteiger partial charge in [-0.1, -0.05) is 13.8 Å². The van der Waals surface area contributed by atoms with Gasteiger partial charge in [0.25, 0.3) is 0 Å². The van der Waals surface area contributed by atoms with E-state index in [1.165, 1.54) is 19.4 Å². The van der Waals surface area contributed by atoms with Gasteiger partial charge in [0.05, 0.1) is 17.3 Å². The van der Waals surface area contributed by atoms with Crippen LogP contribution in [0.2, 0.25) is 0 Å². The largest absolute Gasteiger partial charge is 0.390 e. The lowest BCUT2D eigenvalue weighted by Gasteiger charge is -2.35. The van der Waals surface area contributed by atoms with Crippen LogP contribution < -0.4 is 0 Å². The highest BCUT2D eigenvalue weighted by atomic mass is 16.5. The minimum atomic E-state index is -0.429. The summed E-state index contributed by atoms with van der Waals surface area (Å²) >= 11 is 0. The van der Waals surface area contributed by atoms with E-state index in [1.807, 2.05) is 13.8 Å². The van der Waals surface area contributed by atoms with Gasteiger partial charge >= 0.3 is 0 Å². The summed E-state index contributed by atoms with van der Waals surface area (Å²) in [5.41, 5.74) is -0.672. The molecule has 2 fully saturated rings. The van der Waals surface area contributed by atoms with Crippen molar-refractivity contribution in [3.05, 3.63) is 0 Å². The average Bonchev–Trinajstić information content (AvgIpc) is 2.75. The second kappa shape index (κ2) is 5.01. The predicted molar refractivity (Wildman–Crippen MR) is 78.2 cm³/mol. The number of nitrogens with zero attached hydrogens (tertiary/aromatic N) is 1. The van der Waals surface area contributed by atoms with E-state index in [1.54, 1.807) is 0 Å². The summed E-state index contributed by atoms with van der Waals surface area (Å²) in [6, 6.07) is 0.673. The first kappa shape index (κ1) is 15.3. The Balaban J connectivity index is 2.10. The second-order valence-corrected chi connectivity index (χ2v) is 7.81. The molecular formula is C16H31NO2. The number of aliphatic hydroxyl groups excluding tert-OH is 1. The Morgan fingerprint density at radius 2 is 1.84 bits per heavy atom. The fraction of sp³-hybridized carbons (Fsp3) is 1.00. The van der Waals surface area contributed by atoms with Gasteiger partial charge in [-0.05, 0) is 53.0 Å². The molecule has 1 N–H and O–H groups in total. The van der Waals surface area contributed by atoms with Crippen molar-refractivity contribution in [2.24, 2.45) is 11.8 Å². The van der Waals surface area contributed by atoms with Gasteiger partial charge in [0.15, 0.2) is 0 Å². The molecule has 19 heavy (non-hydrogen) atoms. The standard InChI is InChI=1S/C16H31NO2/c1-11(2)13-8-7-9-17(13)10-12-14(18)16(5,6)19-15(12,3)4/h11-14,18H,7-10H2,1-6H3. The van der Waals surface area contributed by atoms with E-state index in [4.69, 9.17) is 4.74 Å². The zero-order valence-corrected chi connectivity index (χ0v) is 13.4. The van der Waals surface area contributed by atoms with Gasteiger partial charge in [-0.3, -0.25) is 4.90 Å². The lowest BCUT2D eigenvalue weighted by atomic mass is 9.84. The van der Waals surface area contributed by atoms with Gasteiger partial charge in [-0.15, -0.1) is 0 Å². The van der Waals surface area contributed by atoms with E-state index in [0.29, 0.717) is 12.0 Å². The van der Waals surface area contributed by atoms with Crippen molar-refractivity contribution < 1.29 is 9.84 Å². The molecule has 3 heteroatoms. The molecule has 0 saturated carbocycles. The van der Waals surface area contributed by atoms with Gasteiger partial charge in [-0.2, -0.15) is 0 Å². The van der Waals surface area contributed by atoms with Gasteiger partial charge < -0.3 is 9.84 Å². The first-order chi connectivity index (χ1) is 8.65. The molecule has 112 valence electrons. The predicted octanol–water partition coefficient (Wildman–Crippen LogP) is 2.67. The van der Waals surface area contributed by atoms with Gasteiger partial charge in [0.2, 0.25) is 0 Å². The van der Waals surface area contributed by atoms with Crippen LogP contribution in [0.3, 0.4) is 0 Å². The Hall–Kier alpha value is -0.120. The Kier molecular flexibility index (Phi) is 4.03. The lowest BCUT2D eigenvalue weighted by molar-refractivity contribution is -0.0914. The molecule has 0 aliphatic carbocycles. The maximum Gasteiger partial charge on any atom is 0.0896 e. The van der Waals surface area contributed by atoms with Crippen LogP contribution in [0.15, 0.2) is 0 Å². The van der Waals surface area contributed by atoms with Gasteiger partial charge in [0.1, 0.15) is 0 Å². The summed E-state index contributed by atoms with van der Waals surface area (Å²) in [7, 11) is 0. The molecule has 2 saturated heterocycles. The van der Waals surface area contributed by atoms with Crippen LogP contribution >= 0.6 is 0 Å². The molecule has 3 unspecified atom stereocenters. The minimum Gasteiger partial charge on any atom is -0.390 e. The minimum absolute atomic E-state index is 0.196. The molecule has 2 heterocycles. The lowest BCUT2D eigenvalue weighted by Crippen LogP contribution is -2.46. The summed E-state index contributed by atoms with van der Waals surface area (Å²) in [5, 5.41) is 10.6. The Morgan fingerprint density at radius 1 is 1.21 bits per heavy atom. The fourth-order valence-electron chi connectivity index (χ4n) is 4.08. The number of ether oxygens (including phenoxy) is 1. The van der Waals surface area contributed by atoms with Crippen LogP contribution in [-0.4, -0.2) is 46.4 Å². The maximum atomic E-state index is 10.6. The monoisotopic (exact) mass is 269 g/mol. The molecule has 2 rings (SSSR count). The molecule has 0 spiro atoms. The Labute approximate surface area is 118 Å². The van der Waals surface area contributed by atoms with E-state index in [2.05, 4.69) is 32.6 Å². The van der Waals surface area contributed by atoms with Crippen molar-refractivity contribution in [3.8, 4) is 0 Å². The summed E-state index contributed by atoms with van der Waals surface area (Å²) < 4.78 is 6.09. The molecule has 3 atom stereocenters. The van der Waals surface area contributed by atoms with Crippen LogP contribution in [0, 0.1) is 11.8 Å². The van der Waals surface area contributed by atoms with Crippen LogP contribution in [0.5, 0.6) is 0 Å². The van der Waals surface area contributed by atoms with E-state index >= 15 is 0 Å². The number of hydrogen-bond donors (Lipinski definition) is 1. The normalized spacial score (nSPS) is 38.2. The molecule has 0 bridgehead atoms. The third kappa shape index (κ3) is 2.84. The molecule has 3 nitrogen and oxygen atoms in total. The number of rotatable bonds is 3. The van der Waals surface area contributed by atoms with E-state index in [9.17, 15) is 5.11 Å². The first-order valence-electron chi connectivity index (χ1n) is 7.77. The van der Waals surface area contributed by atoms with Crippen molar-refractivity contribution in [1.29, 1.82) is 0 Å². The molecule has 2 aliphatic rings. The number of hydrogen-bond acceptors (Lipinski definition) is 3. The molecule has 2 aliphatic heterocycles. The van der Waals surface area contributed by atoms with E-state index in [0.717, 1.165) is 6.54 Å². The highest BCUT2D eigenvalue weighted by molar-refractivity contribution is 5.03. The first-order valence-corrected chi connectivity index (χ1v) is 7.77. The second-order valence-electron chi connectivity index (χ2n) is 7.81. The van der Waals surface area contributed by atoms with Crippen molar-refractivity contribution in [3.63, 3.8) is 0 Å². The van der Waals surface area contributed by atoms with Crippen molar-refractivity contribution in [2.45, 2.75) is 77.7 Å². The van der Waals surface area contributed by atoms with Gasteiger partial charge in [-0.25, -0.2) is 0 Å². The highest BCUT2D eigenvalue weighted by Crippen LogP contribution is 2.43. The number of aliphatic hydroxyl groups is 1. The molecule has 0 amide bonds. The fourth-order valence-corrected chi connectivity index (χ4v) is 4.08. The topological polar surface area (TPSA) is 32.7 Å². The molecule has 0 aromatic rings.